The van der Waals surface area contributed by atoms with Crippen LogP contribution in [0, 0.1) is 11.6 Å². The van der Waals surface area contributed by atoms with E-state index in [1.54, 1.807) is 0 Å². The fourth-order valence-corrected chi connectivity index (χ4v) is 2.14. The summed E-state index contributed by atoms with van der Waals surface area (Å²) >= 11 is 0. The molecule has 2 N–H and O–H groups in total. The Bertz CT molecular complexity index is 943. The van der Waals surface area contributed by atoms with Crippen molar-refractivity contribution in [2.75, 3.05) is 0 Å². The van der Waals surface area contributed by atoms with Gasteiger partial charge in [-0.15, -0.1) is 20.4 Å². The summed E-state index contributed by atoms with van der Waals surface area (Å²) in [7, 11) is 0. The number of carboxylic acids is 2. The lowest BCUT2D eigenvalue weighted by atomic mass is 10.1. The minimum atomic E-state index is -1.33. The van der Waals surface area contributed by atoms with Crippen LogP contribution in [0.3, 0.4) is 0 Å². The fourth-order valence-electron chi connectivity index (χ4n) is 2.14. The van der Waals surface area contributed by atoms with E-state index in [2.05, 4.69) is 20.4 Å². The van der Waals surface area contributed by atoms with Crippen molar-refractivity contribution in [3.8, 4) is 22.8 Å². The summed E-state index contributed by atoms with van der Waals surface area (Å²) in [6.45, 7) is 0. The van der Waals surface area contributed by atoms with Gasteiger partial charge < -0.3 is 10.2 Å². The van der Waals surface area contributed by atoms with Crippen molar-refractivity contribution in [1.82, 2.24) is 20.4 Å². The largest absolute Gasteiger partial charge is 0.478 e. The molecule has 0 saturated heterocycles. The van der Waals surface area contributed by atoms with Crippen molar-refractivity contribution in [3.05, 3.63) is 59.2 Å². The number of hydrogen-bond donors (Lipinski definition) is 2. The molecule has 3 aromatic rings. The summed E-state index contributed by atoms with van der Waals surface area (Å²) in [5.74, 6) is -4.56. The van der Waals surface area contributed by atoms with Crippen LogP contribution >= 0.6 is 0 Å². The van der Waals surface area contributed by atoms with Crippen LogP contribution in [-0.4, -0.2) is 42.5 Å². The molecule has 26 heavy (non-hydrogen) atoms. The van der Waals surface area contributed by atoms with Crippen molar-refractivity contribution >= 4 is 11.9 Å². The number of rotatable bonds is 4. The summed E-state index contributed by atoms with van der Waals surface area (Å²) in [6, 6.07) is 5.98. The Morgan fingerprint density at radius 2 is 1.00 bits per heavy atom. The zero-order chi connectivity index (χ0) is 18.8. The smallest absolute Gasteiger partial charge is 0.335 e. The van der Waals surface area contributed by atoms with Gasteiger partial charge in [0.2, 0.25) is 11.6 Å². The van der Waals surface area contributed by atoms with Crippen LogP contribution in [0.2, 0.25) is 0 Å². The Kier molecular flexibility index (Phi) is 4.31. The fraction of sp³-hybridized carbons (Fsp3) is 0. The third kappa shape index (κ3) is 3.48. The van der Waals surface area contributed by atoms with Crippen molar-refractivity contribution in [2.45, 2.75) is 0 Å². The van der Waals surface area contributed by atoms with Crippen LogP contribution in [0.4, 0.5) is 8.78 Å². The van der Waals surface area contributed by atoms with Gasteiger partial charge in [0.05, 0.1) is 11.1 Å². The lowest BCUT2D eigenvalue weighted by Crippen LogP contribution is -2.03. The van der Waals surface area contributed by atoms with Crippen molar-refractivity contribution in [1.29, 1.82) is 0 Å². The molecular weight excluding hydrogens is 349 g/mol. The molecule has 0 aliphatic carbocycles. The minimum absolute atomic E-state index is 0.0411. The maximum atomic E-state index is 13.5. The lowest BCUT2D eigenvalue weighted by molar-refractivity contribution is 0.0685. The number of aromatic carboxylic acids is 2. The first-order chi connectivity index (χ1) is 12.3. The molecule has 8 nitrogen and oxygen atoms in total. The molecule has 0 unspecified atom stereocenters. The second-order valence-electron chi connectivity index (χ2n) is 5.11. The van der Waals surface area contributed by atoms with E-state index in [1.807, 2.05) is 0 Å². The van der Waals surface area contributed by atoms with E-state index in [4.69, 9.17) is 10.2 Å². The predicted molar refractivity (Wildman–Crippen MR) is 82.3 cm³/mol. The zero-order valence-electron chi connectivity index (χ0n) is 12.7. The van der Waals surface area contributed by atoms with Gasteiger partial charge in [-0.3, -0.25) is 0 Å². The highest BCUT2D eigenvalue weighted by Gasteiger charge is 2.14. The highest BCUT2D eigenvalue weighted by molar-refractivity contribution is 5.89. The molecule has 0 bridgehead atoms. The van der Waals surface area contributed by atoms with Gasteiger partial charge in [0.15, 0.2) is 0 Å². The number of benzene rings is 2. The second kappa shape index (κ2) is 6.59. The van der Waals surface area contributed by atoms with Crippen LogP contribution in [0.1, 0.15) is 20.7 Å². The molecule has 0 aliphatic rings. The molecule has 2 aromatic carbocycles. The van der Waals surface area contributed by atoms with E-state index in [0.717, 1.165) is 36.4 Å². The van der Waals surface area contributed by atoms with Gasteiger partial charge in [0, 0.05) is 11.1 Å². The standard InChI is InChI=1S/C16H8F2N4O4/c17-11-3-7(1-9(5-11)15(23)24)13-19-21-14(22-20-13)8-2-10(16(25)26)6-12(18)4-8/h1-6H,(H,23,24)(H,25,26)/i17-1. The molecule has 0 fully saturated rings. The SMILES string of the molecule is O=C(O)c1cc(F)cc(-c2nnc(-c3cc([18F])cc(C(=O)O)c3)nn2)c1. The average Bonchev–Trinajstić information content (AvgIpc) is 2.60. The first kappa shape index (κ1) is 17.0. The first-order valence-corrected chi connectivity index (χ1v) is 6.99. The van der Waals surface area contributed by atoms with E-state index < -0.39 is 23.6 Å². The predicted octanol–water partition coefficient (Wildman–Crippen LogP) is 2.28. The summed E-state index contributed by atoms with van der Waals surface area (Å²) in [6.07, 6.45) is 0. The molecule has 0 atom stereocenters. The van der Waals surface area contributed by atoms with Gasteiger partial charge in [-0.1, -0.05) is 0 Å². The number of carbonyl (C=O) groups is 2. The number of nitrogens with zero attached hydrogens (tertiary/aromatic N) is 4. The van der Waals surface area contributed by atoms with Gasteiger partial charge in [0.25, 0.3) is 0 Å². The summed E-state index contributed by atoms with van der Waals surface area (Å²) in [5.41, 5.74) is -0.522. The Balaban J connectivity index is 2.00. The van der Waals surface area contributed by atoms with Gasteiger partial charge in [-0.25, -0.2) is 18.4 Å². The van der Waals surface area contributed by atoms with Crippen LogP contribution in [0.5, 0.6) is 0 Å². The monoisotopic (exact) mass is 357 g/mol. The second-order valence-corrected chi connectivity index (χ2v) is 5.11. The molecule has 1 aromatic heterocycles. The van der Waals surface area contributed by atoms with E-state index in [-0.39, 0.29) is 33.9 Å². The minimum Gasteiger partial charge on any atom is -0.478 e. The normalized spacial score (nSPS) is 10.5. The number of aromatic nitrogens is 4. The Morgan fingerprint density at radius 3 is 1.31 bits per heavy atom. The number of hydrogen-bond acceptors (Lipinski definition) is 6. The Morgan fingerprint density at radius 1 is 0.654 bits per heavy atom. The third-order valence-corrected chi connectivity index (χ3v) is 3.28. The molecular formula is C16H8F2N4O4. The van der Waals surface area contributed by atoms with Crippen LogP contribution in [0.25, 0.3) is 22.8 Å². The molecule has 0 amide bonds. The zero-order valence-corrected chi connectivity index (χ0v) is 12.7. The maximum Gasteiger partial charge on any atom is 0.335 e. The Labute approximate surface area is 143 Å². The van der Waals surface area contributed by atoms with Crippen LogP contribution < -0.4 is 0 Å². The quantitative estimate of drug-likeness (QED) is 0.728. The van der Waals surface area contributed by atoms with E-state index in [1.165, 1.54) is 0 Å². The highest BCUT2D eigenvalue weighted by atomic mass is 19.1. The topological polar surface area (TPSA) is 126 Å². The number of halogens is 2. The molecule has 0 aliphatic heterocycles. The number of carboxylic acid groups (broad SMARTS) is 2. The van der Waals surface area contributed by atoms with Crippen molar-refractivity contribution < 1.29 is 28.6 Å². The van der Waals surface area contributed by atoms with E-state index in [0.29, 0.717) is 0 Å². The van der Waals surface area contributed by atoms with Crippen LogP contribution in [-0.2, 0) is 0 Å². The summed E-state index contributed by atoms with van der Waals surface area (Å²) in [5, 5.41) is 32.8. The van der Waals surface area contributed by atoms with Gasteiger partial charge in [0.1, 0.15) is 11.6 Å². The van der Waals surface area contributed by atoms with Crippen LogP contribution in [0.15, 0.2) is 36.4 Å². The molecule has 130 valence electrons. The van der Waals surface area contributed by atoms with E-state index in [9.17, 15) is 18.4 Å². The molecule has 0 saturated carbocycles. The Hall–Kier alpha value is -3.82. The van der Waals surface area contributed by atoms with Crippen molar-refractivity contribution in [2.24, 2.45) is 0 Å². The van der Waals surface area contributed by atoms with Crippen molar-refractivity contribution in [3.63, 3.8) is 0 Å². The molecule has 10 heteroatoms. The van der Waals surface area contributed by atoms with Gasteiger partial charge in [-0.2, -0.15) is 0 Å². The van der Waals surface area contributed by atoms with Gasteiger partial charge in [-0.05, 0) is 36.4 Å². The maximum absolute atomic E-state index is 13.5. The summed E-state index contributed by atoms with van der Waals surface area (Å²) < 4.78 is 27.1. The third-order valence-electron chi connectivity index (χ3n) is 3.28. The average molecular weight is 357 g/mol. The molecule has 0 spiro atoms. The summed E-state index contributed by atoms with van der Waals surface area (Å²) in [4.78, 5) is 21.9. The highest BCUT2D eigenvalue weighted by Crippen LogP contribution is 2.21. The lowest BCUT2D eigenvalue weighted by Gasteiger charge is -2.04. The molecule has 0 radical (unpaired) electrons. The van der Waals surface area contributed by atoms with E-state index >= 15 is 0 Å². The molecule has 3 rings (SSSR count). The van der Waals surface area contributed by atoms with Gasteiger partial charge >= 0.3 is 11.9 Å². The molecule has 1 heterocycles. The first-order valence-electron chi connectivity index (χ1n) is 6.99.